The largest absolute Gasteiger partial charge is 0.295 e. The summed E-state index contributed by atoms with van der Waals surface area (Å²) in [6.45, 7) is 2.25. The van der Waals surface area contributed by atoms with Gasteiger partial charge in [0.1, 0.15) is 0 Å². The molecule has 5 heteroatoms. The normalized spacial score (nSPS) is 16.7. The number of hydrogen-bond acceptors (Lipinski definition) is 3. The number of rotatable bonds is 2. The van der Waals surface area contributed by atoms with Crippen LogP contribution in [0.1, 0.15) is 18.4 Å². The zero-order valence-corrected chi connectivity index (χ0v) is 11.0. The first kappa shape index (κ1) is 12.8. The van der Waals surface area contributed by atoms with Gasteiger partial charge < -0.3 is 0 Å². The quantitative estimate of drug-likeness (QED) is 0.820. The molecule has 0 spiro atoms. The van der Waals surface area contributed by atoms with E-state index in [1.165, 1.54) is 16.6 Å². The molecule has 0 aliphatic carbocycles. The lowest BCUT2D eigenvalue weighted by atomic mass is 10.2. The molecule has 0 saturated carbocycles. The minimum absolute atomic E-state index is 0.0309. The zero-order chi connectivity index (χ0) is 13.2. The predicted molar refractivity (Wildman–Crippen MR) is 68.5 cm³/mol. The third kappa shape index (κ3) is 2.61. The smallest absolute Gasteiger partial charge is 0.263 e. The van der Waals surface area contributed by atoms with E-state index < -0.39 is 10.0 Å². The van der Waals surface area contributed by atoms with Crippen molar-refractivity contribution < 1.29 is 13.2 Å². The maximum Gasteiger partial charge on any atom is 0.263 e. The molecule has 0 amide bonds. The monoisotopic (exact) mass is 265 g/mol. The Morgan fingerprint density at radius 1 is 1.17 bits per heavy atom. The highest BCUT2D eigenvalue weighted by molar-refractivity contribution is 7.89. The van der Waals surface area contributed by atoms with Gasteiger partial charge in [-0.3, -0.25) is 9.10 Å². The molecule has 18 heavy (non-hydrogen) atoms. The lowest BCUT2D eigenvalue weighted by Crippen LogP contribution is -2.26. The van der Waals surface area contributed by atoms with Crippen LogP contribution < -0.4 is 0 Å². The summed E-state index contributed by atoms with van der Waals surface area (Å²) in [5, 5.41) is 0. The Morgan fingerprint density at radius 2 is 1.83 bits per heavy atom. The summed E-state index contributed by atoms with van der Waals surface area (Å²) in [7, 11) is -3.53. The van der Waals surface area contributed by atoms with E-state index in [1.807, 2.05) is 6.92 Å². The van der Waals surface area contributed by atoms with Crippen LogP contribution in [0.25, 0.3) is 0 Å². The molecule has 0 radical (unpaired) electrons. The van der Waals surface area contributed by atoms with Crippen LogP contribution >= 0.6 is 0 Å². The molecule has 2 rings (SSSR count). The molecule has 4 nitrogen and oxygen atoms in total. The molecule has 0 atom stereocenters. The van der Waals surface area contributed by atoms with Gasteiger partial charge in [-0.2, -0.15) is 0 Å². The number of ketones is 1. The van der Waals surface area contributed by atoms with Gasteiger partial charge in [-0.15, -0.1) is 0 Å². The minimum atomic E-state index is -3.53. The second-order valence-corrected chi connectivity index (χ2v) is 6.20. The molecule has 0 unspecified atom stereocenters. The predicted octanol–water partition coefficient (Wildman–Crippen LogP) is 1.86. The Hall–Kier alpha value is -1.62. The fraction of sp³-hybridized carbons (Fsp3) is 0.308. The van der Waals surface area contributed by atoms with Crippen molar-refractivity contribution >= 4 is 15.8 Å². The van der Waals surface area contributed by atoms with E-state index in [0.29, 0.717) is 19.4 Å². The van der Waals surface area contributed by atoms with Gasteiger partial charge in [0.15, 0.2) is 5.78 Å². The highest BCUT2D eigenvalue weighted by Gasteiger charge is 2.22. The lowest BCUT2D eigenvalue weighted by molar-refractivity contribution is -0.114. The van der Waals surface area contributed by atoms with Crippen molar-refractivity contribution in [2.45, 2.75) is 24.7 Å². The highest BCUT2D eigenvalue weighted by Crippen LogP contribution is 2.19. The van der Waals surface area contributed by atoms with Gasteiger partial charge in [-0.25, -0.2) is 8.42 Å². The third-order valence-corrected chi connectivity index (χ3v) is 4.65. The van der Waals surface area contributed by atoms with Gasteiger partial charge in [0.25, 0.3) is 10.0 Å². The molecule has 0 aromatic heterocycles. The summed E-state index contributed by atoms with van der Waals surface area (Å²) >= 11 is 0. The van der Waals surface area contributed by atoms with Crippen molar-refractivity contribution in [1.29, 1.82) is 0 Å². The average molecular weight is 265 g/mol. The molecule has 0 N–H and O–H groups in total. The summed E-state index contributed by atoms with van der Waals surface area (Å²) in [5.41, 5.74) is 1.01. The summed E-state index contributed by atoms with van der Waals surface area (Å²) in [4.78, 5) is 11.5. The summed E-state index contributed by atoms with van der Waals surface area (Å²) in [6, 6.07) is 6.70. The van der Waals surface area contributed by atoms with Crippen molar-refractivity contribution in [3.63, 3.8) is 0 Å². The second-order valence-electron chi connectivity index (χ2n) is 4.31. The van der Waals surface area contributed by atoms with Crippen molar-refractivity contribution in [3.8, 4) is 0 Å². The van der Waals surface area contributed by atoms with E-state index >= 15 is 0 Å². The number of benzene rings is 1. The van der Waals surface area contributed by atoms with Crippen LogP contribution in [0.2, 0.25) is 0 Å². The standard InChI is InChI=1S/C13H15NO3S/c1-11-4-6-13(7-5-11)18(16,17)14-9-2-3-12(15)8-10-14/h4-8,10H,2-3,9H2,1H3. The summed E-state index contributed by atoms with van der Waals surface area (Å²) < 4.78 is 25.9. The number of sulfonamides is 1. The Bertz CT molecular complexity index is 573. The van der Waals surface area contributed by atoms with Crippen LogP contribution in [-0.2, 0) is 14.8 Å². The first-order valence-electron chi connectivity index (χ1n) is 5.80. The molecular weight excluding hydrogens is 250 g/mol. The number of hydrogen-bond donors (Lipinski definition) is 0. The number of nitrogens with zero attached hydrogens (tertiary/aromatic N) is 1. The molecule has 0 bridgehead atoms. The number of carbonyl (C=O) groups is 1. The minimum Gasteiger partial charge on any atom is -0.295 e. The third-order valence-electron chi connectivity index (χ3n) is 2.86. The van der Waals surface area contributed by atoms with Crippen LogP contribution in [0, 0.1) is 6.92 Å². The molecule has 1 aliphatic heterocycles. The number of allylic oxidation sites excluding steroid dienone is 1. The first-order chi connectivity index (χ1) is 8.50. The van der Waals surface area contributed by atoms with Crippen LogP contribution in [0.3, 0.4) is 0 Å². The van der Waals surface area contributed by atoms with Gasteiger partial charge in [0, 0.05) is 19.2 Å². The van der Waals surface area contributed by atoms with E-state index in [0.717, 1.165) is 5.56 Å². The Kier molecular flexibility index (Phi) is 3.52. The molecule has 1 aliphatic rings. The first-order valence-corrected chi connectivity index (χ1v) is 7.24. The summed E-state index contributed by atoms with van der Waals surface area (Å²) in [5.74, 6) is -0.0309. The number of carbonyl (C=O) groups excluding carboxylic acids is 1. The van der Waals surface area contributed by atoms with Crippen LogP contribution in [0.4, 0.5) is 0 Å². The van der Waals surface area contributed by atoms with Gasteiger partial charge in [-0.05, 0) is 31.6 Å². The maximum absolute atomic E-state index is 12.3. The molecular formula is C13H15NO3S. The summed E-state index contributed by atoms with van der Waals surface area (Å²) in [6.07, 6.45) is 3.65. The molecule has 96 valence electrons. The molecule has 1 aromatic rings. The molecule has 1 aromatic carbocycles. The van der Waals surface area contributed by atoms with Crippen molar-refractivity contribution in [1.82, 2.24) is 4.31 Å². The van der Waals surface area contributed by atoms with Crippen LogP contribution in [0.15, 0.2) is 41.4 Å². The van der Waals surface area contributed by atoms with E-state index in [1.54, 1.807) is 24.3 Å². The topological polar surface area (TPSA) is 54.5 Å². The Balaban J connectivity index is 2.33. The van der Waals surface area contributed by atoms with Crippen LogP contribution in [0.5, 0.6) is 0 Å². The fourth-order valence-corrected chi connectivity index (χ4v) is 3.12. The van der Waals surface area contributed by atoms with Gasteiger partial charge in [-0.1, -0.05) is 17.7 Å². The Labute approximate surface area is 107 Å². The Morgan fingerprint density at radius 3 is 2.50 bits per heavy atom. The van der Waals surface area contributed by atoms with E-state index in [9.17, 15) is 13.2 Å². The zero-order valence-electron chi connectivity index (χ0n) is 10.2. The van der Waals surface area contributed by atoms with Crippen molar-refractivity contribution in [2.75, 3.05) is 6.54 Å². The second kappa shape index (κ2) is 4.94. The van der Waals surface area contributed by atoms with Gasteiger partial charge in [0.05, 0.1) is 4.90 Å². The molecule has 0 fully saturated rings. The molecule has 1 heterocycles. The van der Waals surface area contributed by atoms with Crippen molar-refractivity contribution in [3.05, 3.63) is 42.1 Å². The average Bonchev–Trinajstić information content (AvgIpc) is 2.55. The number of aryl methyl sites for hydroxylation is 1. The van der Waals surface area contributed by atoms with Crippen molar-refractivity contribution in [2.24, 2.45) is 0 Å². The fourth-order valence-electron chi connectivity index (χ4n) is 1.78. The van der Waals surface area contributed by atoms with E-state index in [2.05, 4.69) is 0 Å². The van der Waals surface area contributed by atoms with Gasteiger partial charge >= 0.3 is 0 Å². The highest BCUT2D eigenvalue weighted by atomic mass is 32.2. The SMILES string of the molecule is Cc1ccc(S(=O)(=O)N2C=CC(=O)CCC2)cc1. The van der Waals surface area contributed by atoms with E-state index in [-0.39, 0.29) is 10.7 Å². The van der Waals surface area contributed by atoms with E-state index in [4.69, 9.17) is 0 Å². The van der Waals surface area contributed by atoms with Crippen LogP contribution in [-0.4, -0.2) is 25.1 Å². The maximum atomic E-state index is 12.3. The van der Waals surface area contributed by atoms with Gasteiger partial charge in [0.2, 0.25) is 0 Å². The molecule has 0 saturated heterocycles. The lowest BCUT2D eigenvalue weighted by Gasteiger charge is -2.18.